The molecule has 5 rings (SSSR count). The molecule has 4 bridgehead atoms. The minimum absolute atomic E-state index is 0.620. The van der Waals surface area contributed by atoms with Gasteiger partial charge in [-0.15, -0.1) is 11.3 Å². The average Bonchev–Trinajstić information content (AvgIpc) is 2.79. The van der Waals surface area contributed by atoms with E-state index in [2.05, 4.69) is 30.7 Å². The Morgan fingerprint density at radius 3 is 2.21 bits per heavy atom. The second-order valence-electron chi connectivity index (χ2n) is 7.24. The van der Waals surface area contributed by atoms with Crippen LogP contribution in [0.3, 0.4) is 0 Å². The van der Waals surface area contributed by atoms with Crippen LogP contribution in [0.2, 0.25) is 0 Å². The maximum absolute atomic E-state index is 3.68. The zero-order valence-electron chi connectivity index (χ0n) is 12.1. The van der Waals surface area contributed by atoms with Crippen molar-refractivity contribution in [2.24, 2.45) is 29.6 Å². The standard InChI is InChI=1S/C17H25NS/c1-10-3-4-19-17(10)16(18-2)15-13-6-11-5-12(8-13)9-14(15)7-11/h3-4,11-16,18H,5-9H2,1-2H3. The van der Waals surface area contributed by atoms with Crippen LogP contribution in [0.25, 0.3) is 0 Å². The van der Waals surface area contributed by atoms with E-state index in [1.54, 1.807) is 11.3 Å². The van der Waals surface area contributed by atoms with Crippen molar-refractivity contribution in [3.63, 3.8) is 0 Å². The summed E-state index contributed by atoms with van der Waals surface area (Å²) in [7, 11) is 2.18. The minimum atomic E-state index is 0.620. The Morgan fingerprint density at radius 2 is 1.74 bits per heavy atom. The van der Waals surface area contributed by atoms with E-state index >= 15 is 0 Å². The van der Waals surface area contributed by atoms with Crippen LogP contribution < -0.4 is 5.32 Å². The third-order valence-corrected chi connectivity index (χ3v) is 7.28. The van der Waals surface area contributed by atoms with Gasteiger partial charge in [0.2, 0.25) is 0 Å². The Labute approximate surface area is 120 Å². The van der Waals surface area contributed by atoms with Gasteiger partial charge in [-0.3, -0.25) is 0 Å². The van der Waals surface area contributed by atoms with Crippen molar-refractivity contribution in [2.75, 3.05) is 7.05 Å². The predicted molar refractivity (Wildman–Crippen MR) is 81.4 cm³/mol. The van der Waals surface area contributed by atoms with Crippen molar-refractivity contribution in [3.8, 4) is 0 Å². The molecule has 1 heterocycles. The second kappa shape index (κ2) is 4.60. The third-order valence-electron chi connectivity index (χ3n) is 6.18. The summed E-state index contributed by atoms with van der Waals surface area (Å²) in [6.45, 7) is 2.28. The fourth-order valence-electron chi connectivity index (χ4n) is 5.71. The van der Waals surface area contributed by atoms with Crippen LogP contribution in [0.5, 0.6) is 0 Å². The molecule has 0 aliphatic heterocycles. The summed E-state index contributed by atoms with van der Waals surface area (Å²) in [5, 5.41) is 5.95. The average molecular weight is 275 g/mol. The predicted octanol–water partition coefficient (Wildman–Crippen LogP) is 4.39. The van der Waals surface area contributed by atoms with Gasteiger partial charge in [0, 0.05) is 10.9 Å². The van der Waals surface area contributed by atoms with Gasteiger partial charge >= 0.3 is 0 Å². The lowest BCUT2D eigenvalue weighted by molar-refractivity contribution is -0.0511. The van der Waals surface area contributed by atoms with Crippen molar-refractivity contribution < 1.29 is 0 Å². The summed E-state index contributed by atoms with van der Waals surface area (Å²) in [6, 6.07) is 2.91. The van der Waals surface area contributed by atoms with E-state index in [1.807, 2.05) is 11.3 Å². The van der Waals surface area contributed by atoms with Gasteiger partial charge in [0.25, 0.3) is 0 Å². The molecule has 19 heavy (non-hydrogen) atoms. The van der Waals surface area contributed by atoms with Crippen molar-refractivity contribution >= 4 is 11.3 Å². The summed E-state index contributed by atoms with van der Waals surface area (Å²) in [5.41, 5.74) is 1.50. The molecule has 4 aliphatic rings. The van der Waals surface area contributed by atoms with Crippen LogP contribution >= 0.6 is 11.3 Å². The molecule has 1 N–H and O–H groups in total. The number of nitrogens with one attached hydrogen (secondary N) is 1. The molecule has 0 radical (unpaired) electrons. The number of aryl methyl sites for hydroxylation is 1. The highest BCUT2D eigenvalue weighted by molar-refractivity contribution is 7.10. The fourth-order valence-corrected chi connectivity index (χ4v) is 6.81. The number of hydrogen-bond acceptors (Lipinski definition) is 2. The smallest absolute Gasteiger partial charge is 0.0449 e. The molecule has 1 unspecified atom stereocenters. The highest BCUT2D eigenvalue weighted by Crippen LogP contribution is 2.59. The normalized spacial score (nSPS) is 41.7. The van der Waals surface area contributed by atoms with E-state index in [0.29, 0.717) is 6.04 Å². The van der Waals surface area contributed by atoms with E-state index in [-0.39, 0.29) is 0 Å². The molecule has 1 atom stereocenters. The number of hydrogen-bond donors (Lipinski definition) is 1. The van der Waals surface area contributed by atoms with E-state index < -0.39 is 0 Å². The minimum Gasteiger partial charge on any atom is -0.312 e. The lowest BCUT2D eigenvalue weighted by Crippen LogP contribution is -2.49. The second-order valence-corrected chi connectivity index (χ2v) is 8.19. The van der Waals surface area contributed by atoms with Crippen LogP contribution in [0.4, 0.5) is 0 Å². The quantitative estimate of drug-likeness (QED) is 0.862. The first kappa shape index (κ1) is 12.4. The number of rotatable bonds is 3. The van der Waals surface area contributed by atoms with Gasteiger partial charge in [-0.05, 0) is 92.7 Å². The Balaban J connectivity index is 1.66. The molecule has 1 nitrogen and oxygen atoms in total. The van der Waals surface area contributed by atoms with Gasteiger partial charge in [-0.25, -0.2) is 0 Å². The molecule has 1 aromatic rings. The van der Waals surface area contributed by atoms with Gasteiger partial charge in [-0.2, -0.15) is 0 Å². The molecule has 0 aromatic carbocycles. The molecule has 4 saturated carbocycles. The van der Waals surface area contributed by atoms with E-state index in [1.165, 1.54) is 31.2 Å². The molecule has 0 amide bonds. The molecule has 1 aromatic heterocycles. The topological polar surface area (TPSA) is 12.0 Å². The summed E-state index contributed by atoms with van der Waals surface area (Å²) in [5.74, 6) is 5.10. The first-order valence-corrected chi connectivity index (χ1v) is 8.85. The van der Waals surface area contributed by atoms with Crippen LogP contribution in [0, 0.1) is 36.5 Å². The van der Waals surface area contributed by atoms with Crippen LogP contribution in [-0.4, -0.2) is 7.05 Å². The van der Waals surface area contributed by atoms with Crippen molar-refractivity contribution in [2.45, 2.75) is 45.1 Å². The first-order valence-electron chi connectivity index (χ1n) is 7.97. The van der Waals surface area contributed by atoms with Crippen molar-refractivity contribution in [1.82, 2.24) is 5.32 Å². The summed E-state index contributed by atoms with van der Waals surface area (Å²) >= 11 is 1.96. The largest absolute Gasteiger partial charge is 0.312 e. The SMILES string of the molecule is CNC(c1sccc1C)C1C2CC3CC(C2)CC1C3. The third kappa shape index (κ3) is 1.91. The maximum Gasteiger partial charge on any atom is 0.0449 e. The molecule has 0 spiro atoms. The molecule has 0 saturated heterocycles. The van der Waals surface area contributed by atoms with E-state index in [0.717, 1.165) is 29.6 Å². The van der Waals surface area contributed by atoms with Gasteiger partial charge in [0.05, 0.1) is 0 Å². The van der Waals surface area contributed by atoms with E-state index in [4.69, 9.17) is 0 Å². The molecular weight excluding hydrogens is 250 g/mol. The zero-order chi connectivity index (χ0) is 13.0. The van der Waals surface area contributed by atoms with Gasteiger partial charge in [-0.1, -0.05) is 0 Å². The van der Waals surface area contributed by atoms with Crippen molar-refractivity contribution in [3.05, 3.63) is 21.9 Å². The summed E-state index contributed by atoms with van der Waals surface area (Å²) in [6.07, 6.45) is 7.67. The summed E-state index contributed by atoms with van der Waals surface area (Å²) < 4.78 is 0. The molecular formula is C17H25NS. The Kier molecular flexibility index (Phi) is 3.00. The van der Waals surface area contributed by atoms with Crippen LogP contribution in [0.15, 0.2) is 11.4 Å². The molecule has 4 fully saturated rings. The van der Waals surface area contributed by atoms with Gasteiger partial charge in [0.15, 0.2) is 0 Å². The molecule has 4 aliphatic carbocycles. The van der Waals surface area contributed by atoms with E-state index in [9.17, 15) is 0 Å². The van der Waals surface area contributed by atoms with Crippen molar-refractivity contribution in [1.29, 1.82) is 0 Å². The zero-order valence-corrected chi connectivity index (χ0v) is 12.9. The fraction of sp³-hybridized carbons (Fsp3) is 0.765. The Morgan fingerprint density at radius 1 is 1.11 bits per heavy atom. The highest BCUT2D eigenvalue weighted by Gasteiger charge is 2.50. The monoisotopic (exact) mass is 275 g/mol. The highest BCUT2D eigenvalue weighted by atomic mass is 32.1. The van der Waals surface area contributed by atoms with Crippen LogP contribution in [-0.2, 0) is 0 Å². The lowest BCUT2D eigenvalue weighted by Gasteiger charge is -2.56. The number of thiophene rings is 1. The maximum atomic E-state index is 3.68. The Hall–Kier alpha value is -0.340. The van der Waals surface area contributed by atoms with Gasteiger partial charge < -0.3 is 5.32 Å². The molecule has 2 heteroatoms. The summed E-state index contributed by atoms with van der Waals surface area (Å²) in [4.78, 5) is 1.61. The van der Waals surface area contributed by atoms with Crippen LogP contribution in [0.1, 0.15) is 48.6 Å². The molecule has 104 valence electrons. The Bertz CT molecular complexity index is 436. The lowest BCUT2D eigenvalue weighted by atomic mass is 9.50. The van der Waals surface area contributed by atoms with Gasteiger partial charge in [0.1, 0.15) is 0 Å². The first-order chi connectivity index (χ1) is 9.26.